The van der Waals surface area contributed by atoms with Crippen molar-refractivity contribution in [2.75, 3.05) is 32.7 Å². The molecule has 3 rings (SSSR count). The second-order valence-corrected chi connectivity index (χ2v) is 5.17. The highest BCUT2D eigenvalue weighted by atomic mass is 35.5. The molecule has 1 N–H and O–H groups in total. The van der Waals surface area contributed by atoms with Crippen LogP contribution in [0.4, 0.5) is 0 Å². The lowest BCUT2D eigenvalue weighted by atomic mass is 10.2. The minimum Gasteiger partial charge on any atom is -0.461 e. The van der Waals surface area contributed by atoms with Gasteiger partial charge in [-0.2, -0.15) is 0 Å². The Morgan fingerprint density at radius 3 is 2.89 bits per heavy atom. The first-order chi connectivity index (χ1) is 8.81. The molecule has 96 valence electrons. The Morgan fingerprint density at radius 2 is 2.06 bits per heavy atom. The summed E-state index contributed by atoms with van der Waals surface area (Å²) in [6.07, 6.45) is 0.965. The molecule has 1 aromatic carbocycles. The van der Waals surface area contributed by atoms with Crippen LogP contribution < -0.4 is 5.32 Å². The van der Waals surface area contributed by atoms with E-state index in [2.05, 4.69) is 16.3 Å². The summed E-state index contributed by atoms with van der Waals surface area (Å²) in [7, 11) is 0. The number of hydrogen-bond donors (Lipinski definition) is 1. The second kappa shape index (κ2) is 5.31. The summed E-state index contributed by atoms with van der Waals surface area (Å²) in [5.41, 5.74) is 0.887. The van der Waals surface area contributed by atoms with Gasteiger partial charge in [0.25, 0.3) is 0 Å². The molecule has 0 spiro atoms. The minimum atomic E-state index is 0.727. The first-order valence-corrected chi connectivity index (χ1v) is 6.80. The number of nitrogens with one attached hydrogen (secondary N) is 1. The second-order valence-electron chi connectivity index (χ2n) is 4.74. The van der Waals surface area contributed by atoms with Gasteiger partial charge in [0.1, 0.15) is 11.3 Å². The maximum Gasteiger partial charge on any atom is 0.135 e. The zero-order chi connectivity index (χ0) is 12.4. The van der Waals surface area contributed by atoms with Crippen molar-refractivity contribution in [2.45, 2.75) is 6.42 Å². The van der Waals surface area contributed by atoms with Crippen LogP contribution in [0, 0.1) is 0 Å². The van der Waals surface area contributed by atoms with E-state index in [4.69, 9.17) is 16.0 Å². The lowest BCUT2D eigenvalue weighted by Gasteiger charge is -2.26. The SMILES string of the molecule is Clc1ccc2cc(CCN3CCNCC3)oc2c1. The highest BCUT2D eigenvalue weighted by Crippen LogP contribution is 2.23. The van der Waals surface area contributed by atoms with Crippen molar-refractivity contribution in [3.8, 4) is 0 Å². The van der Waals surface area contributed by atoms with Crippen LogP contribution in [0.15, 0.2) is 28.7 Å². The monoisotopic (exact) mass is 264 g/mol. The standard InChI is InChI=1S/C14H17ClN2O/c15-12-2-1-11-9-13(18-14(11)10-12)3-6-17-7-4-16-5-8-17/h1-2,9-10,16H,3-8H2. The van der Waals surface area contributed by atoms with Gasteiger partial charge in [0.15, 0.2) is 0 Å². The van der Waals surface area contributed by atoms with Gasteiger partial charge in [-0.3, -0.25) is 0 Å². The molecule has 1 aromatic heterocycles. The molecule has 0 radical (unpaired) electrons. The third kappa shape index (κ3) is 2.69. The van der Waals surface area contributed by atoms with Gasteiger partial charge in [-0.15, -0.1) is 0 Å². The summed E-state index contributed by atoms with van der Waals surface area (Å²) in [5.74, 6) is 1.05. The predicted octanol–water partition coefficient (Wildman–Crippen LogP) is 2.53. The highest BCUT2D eigenvalue weighted by molar-refractivity contribution is 6.31. The van der Waals surface area contributed by atoms with Gasteiger partial charge < -0.3 is 14.6 Å². The van der Waals surface area contributed by atoms with E-state index in [0.29, 0.717) is 0 Å². The zero-order valence-electron chi connectivity index (χ0n) is 10.3. The van der Waals surface area contributed by atoms with Gasteiger partial charge in [-0.1, -0.05) is 11.6 Å². The van der Waals surface area contributed by atoms with Crippen LogP contribution in [0.5, 0.6) is 0 Å². The van der Waals surface area contributed by atoms with Gasteiger partial charge in [-0.05, 0) is 24.3 Å². The summed E-state index contributed by atoms with van der Waals surface area (Å²) >= 11 is 5.95. The van der Waals surface area contributed by atoms with Crippen molar-refractivity contribution < 1.29 is 4.42 Å². The van der Waals surface area contributed by atoms with Gasteiger partial charge in [0.2, 0.25) is 0 Å². The van der Waals surface area contributed by atoms with Crippen LogP contribution in [0.1, 0.15) is 5.76 Å². The van der Waals surface area contributed by atoms with E-state index in [-0.39, 0.29) is 0 Å². The Bertz CT molecular complexity index is 532. The Labute approximate surface area is 112 Å². The first kappa shape index (κ1) is 12.0. The van der Waals surface area contributed by atoms with E-state index >= 15 is 0 Å². The third-order valence-electron chi connectivity index (χ3n) is 3.42. The van der Waals surface area contributed by atoms with Crippen LogP contribution in [-0.2, 0) is 6.42 Å². The number of hydrogen-bond acceptors (Lipinski definition) is 3. The van der Waals surface area contributed by atoms with Crippen molar-refractivity contribution in [1.82, 2.24) is 10.2 Å². The number of fused-ring (bicyclic) bond motifs is 1. The number of furan rings is 1. The number of piperazine rings is 1. The molecule has 1 saturated heterocycles. The first-order valence-electron chi connectivity index (χ1n) is 6.42. The molecule has 0 saturated carbocycles. The number of halogens is 1. The smallest absolute Gasteiger partial charge is 0.135 e. The van der Waals surface area contributed by atoms with Crippen LogP contribution in [0.3, 0.4) is 0 Å². The largest absolute Gasteiger partial charge is 0.461 e. The van der Waals surface area contributed by atoms with Gasteiger partial charge in [0, 0.05) is 49.6 Å². The average Bonchev–Trinajstić information content (AvgIpc) is 2.79. The summed E-state index contributed by atoms with van der Waals surface area (Å²) in [6.45, 7) is 5.51. The fourth-order valence-corrected chi connectivity index (χ4v) is 2.55. The molecule has 0 bridgehead atoms. The molecule has 18 heavy (non-hydrogen) atoms. The maximum atomic E-state index is 5.95. The normalized spacial score (nSPS) is 17.4. The Kier molecular flexibility index (Phi) is 3.55. The molecule has 2 aromatic rings. The van der Waals surface area contributed by atoms with E-state index in [9.17, 15) is 0 Å². The molecule has 0 aliphatic carbocycles. The molecule has 0 amide bonds. The van der Waals surface area contributed by atoms with Crippen LogP contribution in [0.2, 0.25) is 5.02 Å². The Morgan fingerprint density at radius 1 is 1.22 bits per heavy atom. The van der Waals surface area contributed by atoms with Crippen molar-refractivity contribution in [2.24, 2.45) is 0 Å². The van der Waals surface area contributed by atoms with Gasteiger partial charge >= 0.3 is 0 Å². The number of nitrogens with zero attached hydrogens (tertiary/aromatic N) is 1. The van der Waals surface area contributed by atoms with Crippen LogP contribution in [-0.4, -0.2) is 37.6 Å². The average molecular weight is 265 g/mol. The van der Waals surface area contributed by atoms with Crippen LogP contribution >= 0.6 is 11.6 Å². The fourth-order valence-electron chi connectivity index (χ4n) is 2.39. The molecule has 1 aliphatic heterocycles. The zero-order valence-corrected chi connectivity index (χ0v) is 11.0. The van der Waals surface area contributed by atoms with E-state index < -0.39 is 0 Å². The summed E-state index contributed by atoms with van der Waals surface area (Å²) in [5, 5.41) is 5.22. The maximum absolute atomic E-state index is 5.95. The molecule has 1 aliphatic rings. The summed E-state index contributed by atoms with van der Waals surface area (Å²) in [4.78, 5) is 2.47. The Hall–Kier alpha value is -1.03. The van der Waals surface area contributed by atoms with Crippen molar-refractivity contribution in [3.63, 3.8) is 0 Å². The lowest BCUT2D eigenvalue weighted by molar-refractivity contribution is 0.239. The quantitative estimate of drug-likeness (QED) is 0.924. The van der Waals surface area contributed by atoms with Gasteiger partial charge in [-0.25, -0.2) is 0 Å². The van der Waals surface area contributed by atoms with E-state index in [1.165, 1.54) is 0 Å². The fraction of sp³-hybridized carbons (Fsp3) is 0.429. The number of benzene rings is 1. The molecule has 4 heteroatoms. The Balaban J connectivity index is 1.67. The predicted molar refractivity (Wildman–Crippen MR) is 74.2 cm³/mol. The minimum absolute atomic E-state index is 0.727. The van der Waals surface area contributed by atoms with Crippen LogP contribution in [0.25, 0.3) is 11.0 Å². The lowest BCUT2D eigenvalue weighted by Crippen LogP contribution is -2.44. The molecule has 0 atom stereocenters. The molecular weight excluding hydrogens is 248 g/mol. The number of rotatable bonds is 3. The molecule has 1 fully saturated rings. The summed E-state index contributed by atoms with van der Waals surface area (Å²) < 4.78 is 5.81. The van der Waals surface area contributed by atoms with Crippen molar-refractivity contribution in [1.29, 1.82) is 0 Å². The van der Waals surface area contributed by atoms with Crippen molar-refractivity contribution >= 4 is 22.6 Å². The van der Waals surface area contributed by atoms with E-state index in [1.807, 2.05) is 18.2 Å². The van der Waals surface area contributed by atoms with Crippen molar-refractivity contribution in [3.05, 3.63) is 35.0 Å². The molecule has 3 nitrogen and oxygen atoms in total. The molecule has 0 unspecified atom stereocenters. The molecule has 2 heterocycles. The van der Waals surface area contributed by atoms with E-state index in [0.717, 1.165) is 60.9 Å². The highest BCUT2D eigenvalue weighted by Gasteiger charge is 2.11. The van der Waals surface area contributed by atoms with E-state index in [1.54, 1.807) is 0 Å². The third-order valence-corrected chi connectivity index (χ3v) is 3.65. The topological polar surface area (TPSA) is 28.4 Å². The molecular formula is C14H17ClN2O. The van der Waals surface area contributed by atoms with Gasteiger partial charge in [0.05, 0.1) is 0 Å². The summed E-state index contributed by atoms with van der Waals surface area (Å²) in [6, 6.07) is 7.91.